The highest BCUT2D eigenvalue weighted by atomic mass is 35.5. The molecule has 1 aromatic heterocycles. The molecule has 0 saturated heterocycles. The van der Waals surface area contributed by atoms with Gasteiger partial charge in [-0.2, -0.15) is 5.26 Å². The third kappa shape index (κ3) is 2.22. The van der Waals surface area contributed by atoms with Crippen molar-refractivity contribution in [3.05, 3.63) is 76.1 Å². The number of benzene rings is 2. The van der Waals surface area contributed by atoms with Gasteiger partial charge < -0.3 is 4.52 Å². The fraction of sp³-hybridized carbons (Fsp3) is 0.105. The Kier molecular flexibility index (Phi) is 3.44. The molecular weight excluding hydrogens is 322 g/mol. The van der Waals surface area contributed by atoms with Gasteiger partial charge in [-0.15, -0.1) is 0 Å². The highest BCUT2D eigenvalue weighted by molar-refractivity contribution is 6.30. The first-order valence-electron chi connectivity index (χ1n) is 7.48. The molecule has 0 saturated carbocycles. The molecule has 1 aliphatic heterocycles. The lowest BCUT2D eigenvalue weighted by Crippen LogP contribution is -2.05. The van der Waals surface area contributed by atoms with E-state index in [1.165, 1.54) is 0 Å². The van der Waals surface area contributed by atoms with Crippen molar-refractivity contribution in [1.29, 1.82) is 5.26 Å². The summed E-state index contributed by atoms with van der Waals surface area (Å²) in [7, 11) is 0. The number of nitrogens with zero attached hydrogens (tertiary/aromatic N) is 3. The van der Waals surface area contributed by atoms with Gasteiger partial charge in [0.1, 0.15) is 0 Å². The van der Waals surface area contributed by atoms with E-state index in [-0.39, 0.29) is 0 Å². The average molecular weight is 334 g/mol. The smallest absolute Gasteiger partial charge is 0.197 e. The van der Waals surface area contributed by atoms with Crippen molar-refractivity contribution in [2.75, 3.05) is 0 Å². The Labute approximate surface area is 144 Å². The number of hydrogen-bond donors (Lipinski definition) is 0. The van der Waals surface area contributed by atoms with E-state index < -0.39 is 6.04 Å². The Morgan fingerprint density at radius 3 is 2.50 bits per heavy atom. The second kappa shape index (κ2) is 5.63. The summed E-state index contributed by atoms with van der Waals surface area (Å²) in [4.78, 5) is 4.67. The number of fused-ring (bicyclic) bond motifs is 3. The van der Waals surface area contributed by atoms with Crippen LogP contribution >= 0.6 is 11.6 Å². The first kappa shape index (κ1) is 14.7. The van der Waals surface area contributed by atoms with Gasteiger partial charge in [0.2, 0.25) is 0 Å². The Hall–Kier alpha value is -2.90. The molecule has 1 unspecified atom stereocenters. The SMILES string of the molecule is Cc1noc2c1-c1ccccc1C(c1ccc(Cl)cc1)=NC2C#N. The zero-order valence-corrected chi connectivity index (χ0v) is 13.6. The van der Waals surface area contributed by atoms with Crippen LogP contribution in [0.1, 0.15) is 28.6 Å². The van der Waals surface area contributed by atoms with Crippen molar-refractivity contribution in [2.45, 2.75) is 13.0 Å². The summed E-state index contributed by atoms with van der Waals surface area (Å²) < 4.78 is 5.43. The largest absolute Gasteiger partial charge is 0.357 e. The van der Waals surface area contributed by atoms with Crippen LogP contribution in [0.5, 0.6) is 0 Å². The van der Waals surface area contributed by atoms with E-state index in [2.05, 4.69) is 16.2 Å². The monoisotopic (exact) mass is 333 g/mol. The van der Waals surface area contributed by atoms with Crippen molar-refractivity contribution < 1.29 is 4.52 Å². The highest BCUT2D eigenvalue weighted by Gasteiger charge is 2.29. The van der Waals surface area contributed by atoms with Crippen LogP contribution in [-0.2, 0) is 0 Å². The normalized spacial score (nSPS) is 15.7. The molecule has 2 heterocycles. The molecule has 4 rings (SSSR count). The molecule has 0 fully saturated rings. The van der Waals surface area contributed by atoms with Crippen LogP contribution < -0.4 is 0 Å². The third-order valence-electron chi connectivity index (χ3n) is 4.09. The molecule has 4 nitrogen and oxygen atoms in total. The quantitative estimate of drug-likeness (QED) is 0.647. The molecule has 1 atom stereocenters. The van der Waals surface area contributed by atoms with Gasteiger partial charge in [0.25, 0.3) is 0 Å². The van der Waals surface area contributed by atoms with E-state index in [4.69, 9.17) is 16.1 Å². The van der Waals surface area contributed by atoms with Crippen LogP contribution in [0.2, 0.25) is 5.02 Å². The number of halogens is 1. The number of aliphatic imine (C=N–C) groups is 1. The van der Waals surface area contributed by atoms with Crippen molar-refractivity contribution in [1.82, 2.24) is 5.16 Å². The lowest BCUT2D eigenvalue weighted by atomic mass is 9.93. The number of hydrogen-bond acceptors (Lipinski definition) is 4. The molecule has 116 valence electrons. The molecule has 0 radical (unpaired) electrons. The van der Waals surface area contributed by atoms with E-state index in [0.29, 0.717) is 10.8 Å². The van der Waals surface area contributed by atoms with E-state index >= 15 is 0 Å². The molecular formula is C19H12ClN3O. The molecule has 0 spiro atoms. The highest BCUT2D eigenvalue weighted by Crippen LogP contribution is 2.39. The minimum Gasteiger partial charge on any atom is -0.357 e. The van der Waals surface area contributed by atoms with Crippen LogP contribution in [0.3, 0.4) is 0 Å². The van der Waals surface area contributed by atoms with Crippen molar-refractivity contribution in [3.8, 4) is 17.2 Å². The number of aromatic nitrogens is 1. The summed E-state index contributed by atoms with van der Waals surface area (Å²) in [5, 5.41) is 14.3. The van der Waals surface area contributed by atoms with Gasteiger partial charge in [-0.05, 0) is 24.6 Å². The van der Waals surface area contributed by atoms with Crippen molar-refractivity contribution >= 4 is 17.3 Å². The fourth-order valence-electron chi connectivity index (χ4n) is 2.99. The molecule has 0 bridgehead atoms. The molecule has 0 aliphatic carbocycles. The zero-order valence-electron chi connectivity index (χ0n) is 12.8. The van der Waals surface area contributed by atoms with Crippen LogP contribution in [0.25, 0.3) is 11.1 Å². The second-order valence-corrected chi connectivity index (χ2v) is 6.01. The van der Waals surface area contributed by atoms with E-state index in [9.17, 15) is 5.26 Å². The number of rotatable bonds is 1. The van der Waals surface area contributed by atoms with Crippen LogP contribution in [0.15, 0.2) is 58.0 Å². The molecule has 1 aliphatic rings. The molecule has 5 heteroatoms. The van der Waals surface area contributed by atoms with Gasteiger partial charge >= 0.3 is 0 Å². The molecule has 3 aromatic rings. The van der Waals surface area contributed by atoms with Gasteiger partial charge in [-0.25, -0.2) is 0 Å². The van der Waals surface area contributed by atoms with Crippen LogP contribution in [0.4, 0.5) is 0 Å². The van der Waals surface area contributed by atoms with Crippen molar-refractivity contribution in [3.63, 3.8) is 0 Å². The first-order chi connectivity index (χ1) is 11.7. The Morgan fingerprint density at radius 2 is 1.79 bits per heavy atom. The maximum Gasteiger partial charge on any atom is 0.197 e. The summed E-state index contributed by atoms with van der Waals surface area (Å²) in [6, 6.07) is 16.8. The second-order valence-electron chi connectivity index (χ2n) is 5.57. The van der Waals surface area contributed by atoms with Gasteiger partial charge in [-0.3, -0.25) is 4.99 Å². The first-order valence-corrected chi connectivity index (χ1v) is 7.86. The van der Waals surface area contributed by atoms with E-state index in [0.717, 1.165) is 33.7 Å². The molecule has 2 aromatic carbocycles. The lowest BCUT2D eigenvalue weighted by molar-refractivity contribution is 0.374. The maximum absolute atomic E-state index is 9.59. The van der Waals surface area contributed by atoms with Gasteiger partial charge in [0.15, 0.2) is 11.8 Å². The van der Waals surface area contributed by atoms with Gasteiger partial charge in [0.05, 0.1) is 23.0 Å². The lowest BCUT2D eigenvalue weighted by Gasteiger charge is -2.10. The molecule has 0 N–H and O–H groups in total. The average Bonchev–Trinajstić information content (AvgIpc) is 2.91. The van der Waals surface area contributed by atoms with E-state index in [1.54, 1.807) is 0 Å². The summed E-state index contributed by atoms with van der Waals surface area (Å²) in [5.41, 5.74) is 5.18. The number of nitriles is 1. The fourth-order valence-corrected chi connectivity index (χ4v) is 3.12. The minimum atomic E-state index is -0.737. The summed E-state index contributed by atoms with van der Waals surface area (Å²) >= 11 is 6.00. The summed E-state index contributed by atoms with van der Waals surface area (Å²) in [5.74, 6) is 0.492. The van der Waals surface area contributed by atoms with Gasteiger partial charge in [0, 0.05) is 16.1 Å². The zero-order chi connectivity index (χ0) is 16.7. The predicted octanol–water partition coefficient (Wildman–Crippen LogP) is 4.72. The predicted molar refractivity (Wildman–Crippen MR) is 92.1 cm³/mol. The molecule has 0 amide bonds. The summed E-state index contributed by atoms with van der Waals surface area (Å²) in [6.07, 6.45) is 0. The molecule has 24 heavy (non-hydrogen) atoms. The minimum absolute atomic E-state index is 0.492. The maximum atomic E-state index is 9.59. The third-order valence-corrected chi connectivity index (χ3v) is 4.34. The Bertz CT molecular complexity index is 996. The standard InChI is InChI=1S/C19H12ClN3O/c1-11-17-14-4-2-3-5-15(14)18(12-6-8-13(20)9-7-12)22-16(10-21)19(17)24-23-11/h2-9,16H,1H3. The van der Waals surface area contributed by atoms with Crippen LogP contribution in [0, 0.1) is 18.3 Å². The van der Waals surface area contributed by atoms with Crippen LogP contribution in [-0.4, -0.2) is 10.9 Å². The van der Waals surface area contributed by atoms with Crippen molar-refractivity contribution in [2.24, 2.45) is 4.99 Å². The Morgan fingerprint density at radius 1 is 1.08 bits per heavy atom. The Balaban J connectivity index is 2.03. The van der Waals surface area contributed by atoms with E-state index in [1.807, 2.05) is 55.5 Å². The topological polar surface area (TPSA) is 62.2 Å². The summed E-state index contributed by atoms with van der Waals surface area (Å²) in [6.45, 7) is 1.88. The number of aryl methyl sites for hydroxylation is 1. The van der Waals surface area contributed by atoms with Gasteiger partial charge in [-0.1, -0.05) is 53.2 Å².